The van der Waals surface area contributed by atoms with Crippen LogP contribution in [0.2, 0.25) is 10.0 Å². The lowest BCUT2D eigenvalue weighted by atomic mass is 9.95. The largest absolute Gasteiger partial charge is 0.466 e. The average molecular weight is 504 g/mol. The second-order valence-electron chi connectivity index (χ2n) is 7.09. The molecule has 2 aromatic carbocycles. The van der Waals surface area contributed by atoms with Gasteiger partial charge in [0.2, 0.25) is 0 Å². The van der Waals surface area contributed by atoms with Crippen molar-refractivity contribution in [3.05, 3.63) is 105 Å². The number of carbonyl (C=O) groups excluding carboxylic acids is 1. The molecular weight excluding hydrogens is 489 g/mol. The Bertz CT molecular complexity index is 1510. The quantitative estimate of drug-likeness (QED) is 0.307. The number of benzene rings is 2. The SMILES string of the molecule is COC(=O)C1=C(C)N=c2sc(=Cc3ccc(Cl)cc3)c(=O)n2C1c1ccc(Cl)c([N+](=O)[O-])c1. The average Bonchev–Trinajstić information content (AvgIpc) is 3.08. The zero-order valence-electron chi connectivity index (χ0n) is 17.2. The van der Waals surface area contributed by atoms with Crippen LogP contribution in [0.5, 0.6) is 0 Å². The third-order valence-corrected chi connectivity index (χ3v) is 6.63. The number of thiazole rings is 1. The minimum absolute atomic E-state index is 0.0563. The molecule has 1 aliphatic heterocycles. The number of esters is 1. The maximum absolute atomic E-state index is 13.4. The van der Waals surface area contributed by atoms with Crippen LogP contribution in [0.4, 0.5) is 5.69 Å². The first-order valence-corrected chi connectivity index (χ1v) is 11.1. The molecule has 0 N–H and O–H groups in total. The zero-order chi connectivity index (χ0) is 23.9. The van der Waals surface area contributed by atoms with E-state index < -0.39 is 22.5 Å². The maximum Gasteiger partial charge on any atom is 0.338 e. The van der Waals surface area contributed by atoms with E-state index in [2.05, 4.69) is 4.99 Å². The Labute approximate surface area is 200 Å². The third kappa shape index (κ3) is 4.22. The third-order valence-electron chi connectivity index (χ3n) is 5.08. The Kier molecular flexibility index (Phi) is 6.20. The van der Waals surface area contributed by atoms with Gasteiger partial charge in [-0.1, -0.05) is 52.7 Å². The maximum atomic E-state index is 13.4. The molecule has 1 aromatic heterocycles. The highest BCUT2D eigenvalue weighted by Gasteiger charge is 2.34. The number of allylic oxidation sites excluding steroid dienone is 1. The predicted molar refractivity (Wildman–Crippen MR) is 125 cm³/mol. The van der Waals surface area contributed by atoms with Crippen molar-refractivity contribution in [2.24, 2.45) is 4.99 Å². The van der Waals surface area contributed by atoms with Crippen molar-refractivity contribution in [1.82, 2.24) is 4.57 Å². The second kappa shape index (κ2) is 8.93. The zero-order valence-corrected chi connectivity index (χ0v) is 19.6. The van der Waals surface area contributed by atoms with Crippen LogP contribution in [0.15, 0.2) is 63.5 Å². The molecule has 1 atom stereocenters. The summed E-state index contributed by atoms with van der Waals surface area (Å²) in [5.41, 5.74) is 0.817. The lowest BCUT2D eigenvalue weighted by molar-refractivity contribution is -0.384. The van der Waals surface area contributed by atoms with Crippen LogP contribution >= 0.6 is 34.5 Å². The molecule has 0 saturated heterocycles. The molecule has 0 amide bonds. The molecule has 0 bridgehead atoms. The van der Waals surface area contributed by atoms with Crippen molar-refractivity contribution in [3.8, 4) is 0 Å². The van der Waals surface area contributed by atoms with Crippen LogP contribution in [0, 0.1) is 10.1 Å². The minimum Gasteiger partial charge on any atom is -0.466 e. The highest BCUT2D eigenvalue weighted by Crippen LogP contribution is 2.34. The topological polar surface area (TPSA) is 104 Å². The van der Waals surface area contributed by atoms with Gasteiger partial charge >= 0.3 is 5.97 Å². The molecule has 2 heterocycles. The monoisotopic (exact) mass is 503 g/mol. The molecule has 3 aromatic rings. The number of hydrogen-bond donors (Lipinski definition) is 0. The molecule has 0 saturated carbocycles. The number of nitro groups is 1. The fourth-order valence-electron chi connectivity index (χ4n) is 3.56. The first-order valence-electron chi connectivity index (χ1n) is 9.51. The summed E-state index contributed by atoms with van der Waals surface area (Å²) in [6, 6.07) is 10.1. The van der Waals surface area contributed by atoms with Crippen molar-refractivity contribution in [2.45, 2.75) is 13.0 Å². The standard InChI is InChI=1S/C22H15Cl2N3O5S/c1-11-18(21(29)32-2)19(13-5-8-15(24)16(10-13)27(30)31)26-20(28)17(33-22(26)25-11)9-12-3-6-14(23)7-4-12/h3-10,19H,1-2H3. The number of hydrogen-bond acceptors (Lipinski definition) is 7. The summed E-state index contributed by atoms with van der Waals surface area (Å²) in [7, 11) is 1.22. The lowest BCUT2D eigenvalue weighted by Crippen LogP contribution is -2.39. The molecule has 0 fully saturated rings. The van der Waals surface area contributed by atoms with E-state index in [1.54, 1.807) is 37.3 Å². The molecule has 1 aliphatic rings. The van der Waals surface area contributed by atoms with Gasteiger partial charge in [-0.15, -0.1) is 0 Å². The summed E-state index contributed by atoms with van der Waals surface area (Å²) in [5, 5.41) is 12.0. The first kappa shape index (κ1) is 22.9. The van der Waals surface area contributed by atoms with E-state index in [0.717, 1.165) is 16.9 Å². The van der Waals surface area contributed by atoms with E-state index in [-0.39, 0.29) is 16.3 Å². The second-order valence-corrected chi connectivity index (χ2v) is 8.95. The minimum atomic E-state index is -0.975. The highest BCUT2D eigenvalue weighted by atomic mass is 35.5. The van der Waals surface area contributed by atoms with Crippen LogP contribution in [-0.2, 0) is 9.53 Å². The Balaban J connectivity index is 1.99. The summed E-state index contributed by atoms with van der Waals surface area (Å²) in [6.07, 6.45) is 1.69. The van der Waals surface area contributed by atoms with Crippen molar-refractivity contribution in [2.75, 3.05) is 7.11 Å². The van der Waals surface area contributed by atoms with Crippen LogP contribution in [0.3, 0.4) is 0 Å². The Morgan fingerprint density at radius 2 is 1.94 bits per heavy atom. The van der Waals surface area contributed by atoms with Gasteiger partial charge in [0.15, 0.2) is 4.80 Å². The van der Waals surface area contributed by atoms with Gasteiger partial charge in [0, 0.05) is 11.1 Å². The van der Waals surface area contributed by atoms with E-state index in [4.69, 9.17) is 27.9 Å². The van der Waals surface area contributed by atoms with E-state index >= 15 is 0 Å². The van der Waals surface area contributed by atoms with Gasteiger partial charge in [-0.3, -0.25) is 19.5 Å². The molecule has 4 rings (SSSR count). The molecule has 0 spiro atoms. The van der Waals surface area contributed by atoms with E-state index in [1.165, 1.54) is 29.9 Å². The van der Waals surface area contributed by atoms with Crippen molar-refractivity contribution in [3.63, 3.8) is 0 Å². The first-order chi connectivity index (χ1) is 15.7. The molecule has 0 aliphatic carbocycles. The number of methoxy groups -OCH3 is 1. The van der Waals surface area contributed by atoms with Gasteiger partial charge in [0.25, 0.3) is 11.2 Å². The van der Waals surface area contributed by atoms with Crippen molar-refractivity contribution >= 4 is 52.3 Å². The van der Waals surface area contributed by atoms with Gasteiger partial charge in [-0.2, -0.15) is 0 Å². The lowest BCUT2D eigenvalue weighted by Gasteiger charge is -2.24. The van der Waals surface area contributed by atoms with Crippen LogP contribution in [-0.4, -0.2) is 22.6 Å². The number of carbonyl (C=O) groups is 1. The molecule has 0 radical (unpaired) electrons. The fraction of sp³-hybridized carbons (Fsp3) is 0.136. The van der Waals surface area contributed by atoms with Gasteiger partial charge < -0.3 is 4.74 Å². The summed E-state index contributed by atoms with van der Waals surface area (Å²) in [4.78, 5) is 41.7. The van der Waals surface area contributed by atoms with E-state index in [9.17, 15) is 19.7 Å². The molecular formula is C22H15Cl2N3O5S. The van der Waals surface area contributed by atoms with Crippen molar-refractivity contribution < 1.29 is 14.5 Å². The molecule has 33 heavy (non-hydrogen) atoms. The fourth-order valence-corrected chi connectivity index (χ4v) is 4.92. The number of nitro benzene ring substituents is 1. The summed E-state index contributed by atoms with van der Waals surface area (Å²) in [6.45, 7) is 1.62. The smallest absolute Gasteiger partial charge is 0.338 e. The van der Waals surface area contributed by atoms with Crippen LogP contribution in [0.1, 0.15) is 24.1 Å². The van der Waals surface area contributed by atoms with E-state index in [0.29, 0.717) is 25.6 Å². The number of rotatable bonds is 4. The summed E-state index contributed by atoms with van der Waals surface area (Å²) < 4.78 is 6.66. The molecule has 168 valence electrons. The van der Waals surface area contributed by atoms with Gasteiger partial charge in [0.1, 0.15) is 5.02 Å². The normalized spacial score (nSPS) is 15.8. The van der Waals surface area contributed by atoms with Crippen LogP contribution in [0.25, 0.3) is 6.08 Å². The Morgan fingerprint density at radius 1 is 1.24 bits per heavy atom. The van der Waals surface area contributed by atoms with Crippen LogP contribution < -0.4 is 14.9 Å². The highest BCUT2D eigenvalue weighted by molar-refractivity contribution is 7.07. The van der Waals surface area contributed by atoms with Gasteiger partial charge in [0.05, 0.1) is 33.9 Å². The predicted octanol–water partition coefficient (Wildman–Crippen LogP) is 3.62. The van der Waals surface area contributed by atoms with Crippen molar-refractivity contribution in [1.29, 1.82) is 0 Å². The Hall–Kier alpha value is -3.27. The number of fused-ring (bicyclic) bond motifs is 1. The Morgan fingerprint density at radius 3 is 2.58 bits per heavy atom. The molecule has 11 heteroatoms. The molecule has 1 unspecified atom stereocenters. The summed E-state index contributed by atoms with van der Waals surface area (Å²) in [5.74, 6) is -0.689. The summed E-state index contributed by atoms with van der Waals surface area (Å²) >= 11 is 13.1. The van der Waals surface area contributed by atoms with E-state index in [1.807, 2.05) is 0 Å². The van der Waals surface area contributed by atoms with Gasteiger partial charge in [-0.05, 0) is 42.3 Å². The van der Waals surface area contributed by atoms with Gasteiger partial charge in [-0.25, -0.2) is 9.79 Å². The number of ether oxygens (including phenoxy) is 1. The molecule has 8 nitrogen and oxygen atoms in total. The number of nitrogens with zero attached hydrogens (tertiary/aromatic N) is 3. The number of aromatic nitrogens is 1. The number of halogens is 2.